The zero-order valence-corrected chi connectivity index (χ0v) is 22.3. The van der Waals surface area contributed by atoms with Gasteiger partial charge in [0.25, 0.3) is 5.56 Å². The number of thioether (sulfide) groups is 1. The number of amides is 1. The van der Waals surface area contributed by atoms with Gasteiger partial charge in [-0.05, 0) is 43.2 Å². The van der Waals surface area contributed by atoms with Crippen LogP contribution in [0.1, 0.15) is 56.0 Å². The van der Waals surface area contributed by atoms with Crippen LogP contribution in [0.5, 0.6) is 0 Å². The van der Waals surface area contributed by atoms with E-state index in [1.807, 2.05) is 42.2 Å². The molecule has 35 heavy (non-hydrogen) atoms. The number of aromatic nitrogens is 2. The lowest BCUT2D eigenvalue weighted by Crippen LogP contribution is -2.40. The van der Waals surface area contributed by atoms with Gasteiger partial charge in [-0.1, -0.05) is 55.9 Å². The largest absolute Gasteiger partial charge is 0.372 e. The highest BCUT2D eigenvalue weighted by atomic mass is 32.2. The Kier molecular flexibility index (Phi) is 7.32. The maximum absolute atomic E-state index is 14.0. The van der Waals surface area contributed by atoms with Crippen LogP contribution >= 0.6 is 23.1 Å². The average molecular weight is 512 g/mol. The van der Waals surface area contributed by atoms with Gasteiger partial charge >= 0.3 is 0 Å². The van der Waals surface area contributed by atoms with E-state index in [9.17, 15) is 9.59 Å². The van der Waals surface area contributed by atoms with Gasteiger partial charge in [0.15, 0.2) is 5.16 Å². The molecule has 0 bridgehead atoms. The Morgan fingerprint density at radius 3 is 2.63 bits per heavy atom. The summed E-state index contributed by atoms with van der Waals surface area (Å²) in [5, 5.41) is 1.04. The summed E-state index contributed by atoms with van der Waals surface area (Å²) in [4.78, 5) is 36.0. The maximum Gasteiger partial charge on any atom is 0.263 e. The molecule has 0 radical (unpaired) electrons. The molecule has 5 rings (SSSR count). The van der Waals surface area contributed by atoms with Crippen molar-refractivity contribution in [3.05, 3.63) is 56.7 Å². The first-order valence-electron chi connectivity index (χ1n) is 12.6. The van der Waals surface area contributed by atoms with Gasteiger partial charge in [0, 0.05) is 24.4 Å². The molecule has 2 aliphatic heterocycles. The van der Waals surface area contributed by atoms with Crippen molar-refractivity contribution in [2.24, 2.45) is 5.92 Å². The number of rotatable bonds is 6. The molecule has 1 aromatic carbocycles. The van der Waals surface area contributed by atoms with E-state index in [1.165, 1.54) is 18.2 Å². The number of hydrogen-bond acceptors (Lipinski definition) is 6. The second-order valence-corrected chi connectivity index (χ2v) is 12.3. The standard InChI is InChI=1S/C27H33N3O3S2/c1-17(2)21-14-20-22(16-33-21)35-24-23(20)26(32)30(15-19-10-6-4-7-11-19)27(28-24)34-18(3)25(31)29-12-8-5-9-13-29/h4,6-7,10-11,17-18,21H,5,8-9,12-16H2,1-3H3/t18-,21+/m1/s1. The smallest absolute Gasteiger partial charge is 0.263 e. The van der Waals surface area contributed by atoms with Crippen LogP contribution in [-0.2, 0) is 29.1 Å². The van der Waals surface area contributed by atoms with Crippen LogP contribution in [0, 0.1) is 5.92 Å². The van der Waals surface area contributed by atoms with Crippen LogP contribution in [0.4, 0.5) is 0 Å². The Morgan fingerprint density at radius 1 is 1.17 bits per heavy atom. The lowest BCUT2D eigenvalue weighted by Gasteiger charge is -2.29. The molecule has 0 unspecified atom stereocenters. The first-order chi connectivity index (χ1) is 16.9. The van der Waals surface area contributed by atoms with Crippen molar-refractivity contribution in [2.75, 3.05) is 13.1 Å². The lowest BCUT2D eigenvalue weighted by molar-refractivity contribution is -0.131. The molecule has 0 aliphatic carbocycles. The fraction of sp³-hybridized carbons (Fsp3) is 0.519. The van der Waals surface area contributed by atoms with E-state index < -0.39 is 0 Å². The molecular formula is C27H33N3O3S2. The number of fused-ring (bicyclic) bond motifs is 3. The molecule has 6 nitrogen and oxygen atoms in total. The van der Waals surface area contributed by atoms with E-state index in [4.69, 9.17) is 9.72 Å². The molecule has 2 atom stereocenters. The summed E-state index contributed by atoms with van der Waals surface area (Å²) in [5.74, 6) is 0.517. The van der Waals surface area contributed by atoms with Gasteiger partial charge in [-0.2, -0.15) is 0 Å². The van der Waals surface area contributed by atoms with Gasteiger partial charge in [0.1, 0.15) is 4.83 Å². The Balaban J connectivity index is 1.55. The highest BCUT2D eigenvalue weighted by Crippen LogP contribution is 2.36. The first kappa shape index (κ1) is 24.5. The van der Waals surface area contributed by atoms with E-state index in [0.29, 0.717) is 24.2 Å². The second kappa shape index (κ2) is 10.4. The summed E-state index contributed by atoms with van der Waals surface area (Å²) in [6.45, 7) is 8.86. The predicted octanol–water partition coefficient (Wildman–Crippen LogP) is 5.10. The van der Waals surface area contributed by atoms with Gasteiger partial charge < -0.3 is 9.64 Å². The molecule has 1 fully saturated rings. The number of carbonyl (C=O) groups excluding carboxylic acids is 1. The third-order valence-corrected chi connectivity index (χ3v) is 9.19. The van der Waals surface area contributed by atoms with Gasteiger partial charge in [-0.25, -0.2) is 4.98 Å². The van der Waals surface area contributed by atoms with Crippen LogP contribution in [0.2, 0.25) is 0 Å². The van der Waals surface area contributed by atoms with Crippen molar-refractivity contribution in [1.29, 1.82) is 0 Å². The Labute approximate surface area is 214 Å². The van der Waals surface area contributed by atoms with E-state index >= 15 is 0 Å². The molecule has 0 N–H and O–H groups in total. The molecule has 0 saturated carbocycles. The molecule has 2 aromatic heterocycles. The van der Waals surface area contributed by atoms with Gasteiger partial charge in [0.2, 0.25) is 5.91 Å². The quantitative estimate of drug-likeness (QED) is 0.340. The molecular weight excluding hydrogens is 478 g/mol. The molecule has 2 aliphatic rings. The zero-order valence-electron chi connectivity index (χ0n) is 20.7. The SMILES string of the molecule is CC(C)[C@@H]1Cc2c(sc3nc(S[C@H](C)C(=O)N4CCCCC4)n(Cc4ccccc4)c(=O)c23)CO1. The van der Waals surface area contributed by atoms with Crippen molar-refractivity contribution >= 4 is 39.2 Å². The number of hydrogen-bond donors (Lipinski definition) is 0. The molecule has 3 aromatic rings. The minimum atomic E-state index is -0.303. The van der Waals surface area contributed by atoms with E-state index in [-0.39, 0.29) is 22.8 Å². The summed E-state index contributed by atoms with van der Waals surface area (Å²) < 4.78 is 7.85. The molecule has 8 heteroatoms. The number of benzene rings is 1. The Hall–Kier alpha value is -2.16. The second-order valence-electron chi connectivity index (χ2n) is 9.90. The number of likely N-dealkylation sites (tertiary alicyclic amines) is 1. The van der Waals surface area contributed by atoms with Crippen molar-refractivity contribution in [3.63, 3.8) is 0 Å². The minimum absolute atomic E-state index is 0.0131. The van der Waals surface area contributed by atoms with Crippen molar-refractivity contribution in [2.45, 2.75) is 76.1 Å². The number of piperidine rings is 1. The van der Waals surface area contributed by atoms with E-state index in [2.05, 4.69) is 13.8 Å². The highest BCUT2D eigenvalue weighted by molar-refractivity contribution is 8.00. The van der Waals surface area contributed by atoms with Gasteiger partial charge in [-0.3, -0.25) is 14.2 Å². The minimum Gasteiger partial charge on any atom is -0.372 e. The monoisotopic (exact) mass is 511 g/mol. The van der Waals surface area contributed by atoms with Crippen LogP contribution in [0.15, 0.2) is 40.3 Å². The Morgan fingerprint density at radius 2 is 1.91 bits per heavy atom. The van der Waals surface area contributed by atoms with E-state index in [1.54, 1.807) is 15.9 Å². The number of carbonyl (C=O) groups is 1. The first-order valence-corrected chi connectivity index (χ1v) is 14.3. The highest BCUT2D eigenvalue weighted by Gasteiger charge is 2.30. The van der Waals surface area contributed by atoms with Crippen LogP contribution in [-0.4, -0.2) is 44.8 Å². The summed E-state index contributed by atoms with van der Waals surface area (Å²) in [5.41, 5.74) is 2.13. The Bertz CT molecular complexity index is 1260. The zero-order chi connectivity index (χ0) is 24.5. The van der Waals surface area contributed by atoms with Crippen LogP contribution in [0.25, 0.3) is 10.2 Å². The van der Waals surface area contributed by atoms with Crippen molar-refractivity contribution in [1.82, 2.24) is 14.5 Å². The third-order valence-electron chi connectivity index (χ3n) is 7.02. The summed E-state index contributed by atoms with van der Waals surface area (Å²) in [6.07, 6.45) is 4.16. The van der Waals surface area contributed by atoms with Gasteiger partial charge in [0.05, 0.1) is 29.9 Å². The molecule has 1 saturated heterocycles. The fourth-order valence-corrected chi connectivity index (χ4v) is 7.10. The number of ether oxygens (including phenoxy) is 1. The van der Waals surface area contributed by atoms with Crippen LogP contribution < -0.4 is 5.56 Å². The topological polar surface area (TPSA) is 64.4 Å². The molecule has 0 spiro atoms. The normalized spacial score (nSPS) is 19.2. The molecule has 4 heterocycles. The predicted molar refractivity (Wildman–Crippen MR) is 142 cm³/mol. The summed E-state index contributed by atoms with van der Waals surface area (Å²) >= 11 is 2.97. The van der Waals surface area contributed by atoms with Gasteiger partial charge in [-0.15, -0.1) is 11.3 Å². The lowest BCUT2D eigenvalue weighted by atomic mass is 9.96. The average Bonchev–Trinajstić information content (AvgIpc) is 3.24. The maximum atomic E-state index is 14.0. The van der Waals surface area contributed by atoms with Crippen LogP contribution in [0.3, 0.4) is 0 Å². The summed E-state index contributed by atoms with van der Waals surface area (Å²) in [7, 11) is 0. The molecule has 1 amide bonds. The third kappa shape index (κ3) is 5.06. The summed E-state index contributed by atoms with van der Waals surface area (Å²) in [6, 6.07) is 10.00. The van der Waals surface area contributed by atoms with Crippen molar-refractivity contribution in [3.8, 4) is 0 Å². The van der Waals surface area contributed by atoms with Crippen molar-refractivity contribution < 1.29 is 9.53 Å². The molecule has 186 valence electrons. The number of nitrogens with zero attached hydrogens (tertiary/aromatic N) is 3. The number of thiophene rings is 1. The van der Waals surface area contributed by atoms with E-state index in [0.717, 1.165) is 58.6 Å². The fourth-order valence-electron chi connectivity index (χ4n) is 4.94.